The van der Waals surface area contributed by atoms with Gasteiger partial charge < -0.3 is 14.7 Å². The van der Waals surface area contributed by atoms with Crippen molar-refractivity contribution in [2.24, 2.45) is 5.92 Å². The number of aryl methyl sites for hydroxylation is 1. The summed E-state index contributed by atoms with van der Waals surface area (Å²) in [5.41, 5.74) is 2.16. The van der Waals surface area contributed by atoms with Crippen molar-refractivity contribution in [3.05, 3.63) is 65.7 Å². The fourth-order valence-corrected chi connectivity index (χ4v) is 2.68. The van der Waals surface area contributed by atoms with Gasteiger partial charge in [0.15, 0.2) is 0 Å². The first-order valence-electron chi connectivity index (χ1n) is 9.18. The van der Waals surface area contributed by atoms with Crippen LogP contribution in [0.3, 0.4) is 0 Å². The largest absolute Gasteiger partial charge is 0.426 e. The van der Waals surface area contributed by atoms with Gasteiger partial charge in [-0.2, -0.15) is 0 Å². The Morgan fingerprint density at radius 1 is 1.08 bits per heavy atom. The zero-order valence-electron chi connectivity index (χ0n) is 15.9. The number of aliphatic hydroxyl groups is 1. The van der Waals surface area contributed by atoms with E-state index in [-0.39, 0.29) is 11.9 Å². The van der Waals surface area contributed by atoms with Crippen molar-refractivity contribution < 1.29 is 14.6 Å². The molecule has 0 unspecified atom stereocenters. The molecule has 0 aliphatic rings. The lowest BCUT2D eigenvalue weighted by atomic mass is 10.1. The fraction of sp³-hybridized carbons (Fsp3) is 0.409. The van der Waals surface area contributed by atoms with E-state index >= 15 is 0 Å². The molecule has 1 atom stereocenters. The number of carbonyl (C=O) groups is 1. The van der Waals surface area contributed by atoms with Gasteiger partial charge in [-0.15, -0.1) is 0 Å². The van der Waals surface area contributed by atoms with Crippen LogP contribution in [-0.2, 0) is 11.2 Å². The van der Waals surface area contributed by atoms with Gasteiger partial charge in [-0.1, -0.05) is 56.3 Å². The topological polar surface area (TPSA) is 49.8 Å². The Hall–Kier alpha value is -2.17. The van der Waals surface area contributed by atoms with Crippen molar-refractivity contribution in [3.8, 4) is 5.75 Å². The zero-order valence-corrected chi connectivity index (χ0v) is 15.9. The Morgan fingerprint density at radius 2 is 1.73 bits per heavy atom. The molecule has 0 aliphatic carbocycles. The Kier molecular flexibility index (Phi) is 7.82. The van der Waals surface area contributed by atoms with Crippen molar-refractivity contribution in [3.63, 3.8) is 0 Å². The van der Waals surface area contributed by atoms with Crippen molar-refractivity contribution >= 4 is 5.97 Å². The number of likely N-dealkylation sites (N-methyl/N-ethyl adjacent to an activating group) is 1. The highest BCUT2D eigenvalue weighted by atomic mass is 16.5. The van der Waals surface area contributed by atoms with Crippen LogP contribution in [0.15, 0.2) is 54.6 Å². The Morgan fingerprint density at radius 3 is 2.35 bits per heavy atom. The van der Waals surface area contributed by atoms with Crippen LogP contribution >= 0.6 is 0 Å². The van der Waals surface area contributed by atoms with Gasteiger partial charge in [0.25, 0.3) is 0 Å². The average Bonchev–Trinajstić information content (AvgIpc) is 2.63. The SMILES string of the molecule is CC(C)C(=O)Oc1ccc(CCCN(C)C[C@@H](O)c2ccccc2)cc1. The Labute approximate surface area is 156 Å². The molecule has 0 bridgehead atoms. The van der Waals surface area contributed by atoms with Crippen molar-refractivity contribution in [2.75, 3.05) is 20.1 Å². The smallest absolute Gasteiger partial charge is 0.313 e. The number of aliphatic hydroxyl groups excluding tert-OH is 1. The lowest BCUT2D eigenvalue weighted by molar-refractivity contribution is -0.137. The maximum Gasteiger partial charge on any atom is 0.313 e. The predicted molar refractivity (Wildman–Crippen MR) is 104 cm³/mol. The Bertz CT molecular complexity index is 668. The first-order valence-corrected chi connectivity index (χ1v) is 9.18. The van der Waals surface area contributed by atoms with Crippen molar-refractivity contribution in [1.29, 1.82) is 0 Å². The molecule has 26 heavy (non-hydrogen) atoms. The molecule has 0 aliphatic heterocycles. The molecule has 0 saturated carbocycles. The van der Waals surface area contributed by atoms with Gasteiger partial charge >= 0.3 is 5.97 Å². The molecule has 0 spiro atoms. The van der Waals surface area contributed by atoms with Crippen LogP contribution in [0, 0.1) is 5.92 Å². The summed E-state index contributed by atoms with van der Waals surface area (Å²) in [6, 6.07) is 17.4. The minimum atomic E-state index is -0.462. The minimum absolute atomic E-state index is 0.128. The third-order valence-corrected chi connectivity index (χ3v) is 4.29. The molecule has 0 amide bonds. The monoisotopic (exact) mass is 355 g/mol. The van der Waals surface area contributed by atoms with Crippen LogP contribution in [0.5, 0.6) is 5.75 Å². The fourth-order valence-electron chi connectivity index (χ4n) is 2.68. The second kappa shape index (κ2) is 10.1. The molecule has 0 radical (unpaired) electrons. The zero-order chi connectivity index (χ0) is 18.9. The summed E-state index contributed by atoms with van der Waals surface area (Å²) < 4.78 is 5.28. The number of rotatable bonds is 9. The minimum Gasteiger partial charge on any atom is -0.426 e. The van der Waals surface area contributed by atoms with Crippen LogP contribution in [-0.4, -0.2) is 36.1 Å². The van der Waals surface area contributed by atoms with Crippen LogP contribution < -0.4 is 4.74 Å². The first-order chi connectivity index (χ1) is 12.5. The molecule has 1 N–H and O–H groups in total. The first kappa shape index (κ1) is 20.1. The lowest BCUT2D eigenvalue weighted by Crippen LogP contribution is -2.26. The van der Waals surface area contributed by atoms with Gasteiger partial charge in [0.05, 0.1) is 12.0 Å². The van der Waals surface area contributed by atoms with Gasteiger partial charge in [0.1, 0.15) is 5.75 Å². The van der Waals surface area contributed by atoms with E-state index in [2.05, 4.69) is 4.90 Å². The third kappa shape index (κ3) is 6.62. The number of hydrogen-bond acceptors (Lipinski definition) is 4. The molecule has 0 heterocycles. The summed E-state index contributed by atoms with van der Waals surface area (Å²) in [5.74, 6) is 0.253. The summed E-state index contributed by atoms with van der Waals surface area (Å²) in [7, 11) is 2.03. The maximum atomic E-state index is 11.6. The number of benzene rings is 2. The maximum absolute atomic E-state index is 11.6. The third-order valence-electron chi connectivity index (χ3n) is 4.29. The molecule has 140 valence electrons. The molecule has 0 saturated heterocycles. The highest BCUT2D eigenvalue weighted by Crippen LogP contribution is 2.16. The van der Waals surface area contributed by atoms with E-state index in [1.54, 1.807) is 0 Å². The number of carbonyl (C=O) groups excluding carboxylic acids is 1. The van der Waals surface area contributed by atoms with E-state index in [0.717, 1.165) is 24.9 Å². The molecular formula is C22H29NO3. The van der Waals surface area contributed by atoms with E-state index in [1.807, 2.05) is 75.5 Å². The standard InChI is InChI=1S/C22H29NO3/c1-17(2)22(25)26-20-13-11-18(12-14-20)8-7-15-23(3)16-21(24)19-9-5-4-6-10-19/h4-6,9-14,17,21,24H,7-8,15-16H2,1-3H3/t21-/m1/s1. The van der Waals surface area contributed by atoms with E-state index < -0.39 is 6.10 Å². The number of hydrogen-bond donors (Lipinski definition) is 1. The average molecular weight is 355 g/mol. The highest BCUT2D eigenvalue weighted by molar-refractivity contribution is 5.74. The van der Waals surface area contributed by atoms with Crippen molar-refractivity contribution in [1.82, 2.24) is 4.90 Å². The van der Waals surface area contributed by atoms with Gasteiger partial charge in [-0.05, 0) is 49.7 Å². The van der Waals surface area contributed by atoms with Gasteiger partial charge in [0, 0.05) is 6.54 Å². The van der Waals surface area contributed by atoms with Gasteiger partial charge in [0.2, 0.25) is 0 Å². The van der Waals surface area contributed by atoms with Crippen LogP contribution in [0.1, 0.15) is 37.5 Å². The summed E-state index contributed by atoms with van der Waals surface area (Å²) in [5, 5.41) is 10.3. The van der Waals surface area contributed by atoms with Gasteiger partial charge in [-0.25, -0.2) is 0 Å². The molecule has 0 aromatic heterocycles. The van der Waals surface area contributed by atoms with Crippen LogP contribution in [0.4, 0.5) is 0 Å². The number of esters is 1. The quantitative estimate of drug-likeness (QED) is 0.548. The van der Waals surface area contributed by atoms with Gasteiger partial charge in [-0.3, -0.25) is 4.79 Å². The predicted octanol–water partition coefficient (Wildman–Crippen LogP) is 3.85. The number of nitrogens with zero attached hydrogens (tertiary/aromatic N) is 1. The van der Waals surface area contributed by atoms with E-state index in [9.17, 15) is 9.90 Å². The second-order valence-corrected chi connectivity index (χ2v) is 7.01. The molecule has 0 fully saturated rings. The van der Waals surface area contributed by atoms with Crippen LogP contribution in [0.2, 0.25) is 0 Å². The molecule has 4 nitrogen and oxygen atoms in total. The van der Waals surface area contributed by atoms with E-state index in [1.165, 1.54) is 5.56 Å². The molecular weight excluding hydrogens is 326 g/mol. The van der Waals surface area contributed by atoms with Crippen LogP contribution in [0.25, 0.3) is 0 Å². The van der Waals surface area contributed by atoms with E-state index in [4.69, 9.17) is 4.74 Å². The molecule has 4 heteroatoms. The number of ether oxygens (including phenoxy) is 1. The lowest BCUT2D eigenvalue weighted by Gasteiger charge is -2.20. The van der Waals surface area contributed by atoms with E-state index in [0.29, 0.717) is 12.3 Å². The normalized spacial score (nSPS) is 12.4. The van der Waals surface area contributed by atoms with Crippen molar-refractivity contribution in [2.45, 2.75) is 32.8 Å². The molecule has 2 aromatic rings. The second-order valence-electron chi connectivity index (χ2n) is 7.01. The summed E-state index contributed by atoms with van der Waals surface area (Å²) in [4.78, 5) is 13.7. The molecule has 2 rings (SSSR count). The summed E-state index contributed by atoms with van der Waals surface area (Å²) in [6.07, 6.45) is 1.49. The summed E-state index contributed by atoms with van der Waals surface area (Å²) >= 11 is 0. The molecule has 2 aromatic carbocycles. The Balaban J connectivity index is 1.72. The highest BCUT2D eigenvalue weighted by Gasteiger charge is 2.11. The summed E-state index contributed by atoms with van der Waals surface area (Å²) in [6.45, 7) is 5.17.